The fraction of sp³-hybridized carbons (Fsp3) is 0.400. The molecule has 0 unspecified atom stereocenters. The van der Waals surface area contributed by atoms with E-state index in [0.717, 1.165) is 5.56 Å². The van der Waals surface area contributed by atoms with E-state index in [1.165, 1.54) is 0 Å². The molecule has 2 rings (SSSR count). The van der Waals surface area contributed by atoms with Gasteiger partial charge >= 0.3 is 0 Å². The first-order valence-electron chi connectivity index (χ1n) is 4.43. The molecule has 0 aliphatic carbocycles. The summed E-state index contributed by atoms with van der Waals surface area (Å²) in [6.45, 7) is 1.95. The van der Waals surface area contributed by atoms with Gasteiger partial charge in [-0.25, -0.2) is 0 Å². The first-order valence-corrected chi connectivity index (χ1v) is 4.80. The van der Waals surface area contributed by atoms with Crippen molar-refractivity contribution >= 4 is 11.6 Å². The number of ether oxygens (including phenoxy) is 2. The van der Waals surface area contributed by atoms with Gasteiger partial charge in [-0.05, 0) is 31.0 Å². The molecule has 3 nitrogen and oxygen atoms in total. The molecule has 1 aliphatic rings. The minimum atomic E-state index is -0.383. The molecular weight excluding hydrogens is 204 g/mol. The van der Waals surface area contributed by atoms with Crippen molar-refractivity contribution in [1.29, 1.82) is 0 Å². The van der Waals surface area contributed by atoms with Crippen LogP contribution in [0.4, 0.5) is 0 Å². The Morgan fingerprint density at radius 1 is 1.50 bits per heavy atom. The van der Waals surface area contributed by atoms with Crippen molar-refractivity contribution < 1.29 is 14.6 Å². The van der Waals surface area contributed by atoms with E-state index in [-0.39, 0.29) is 12.9 Å². The van der Waals surface area contributed by atoms with Crippen LogP contribution in [0.1, 0.15) is 12.5 Å². The number of rotatable bonds is 2. The molecule has 1 aromatic rings. The van der Waals surface area contributed by atoms with Gasteiger partial charge in [0.15, 0.2) is 11.5 Å². The zero-order chi connectivity index (χ0) is 10.1. The number of halogens is 1. The lowest BCUT2D eigenvalue weighted by molar-refractivity contribution is 0.174. The third-order valence-corrected chi connectivity index (χ3v) is 2.30. The monoisotopic (exact) mass is 214 g/mol. The molecule has 0 radical (unpaired) electrons. The van der Waals surface area contributed by atoms with E-state index in [2.05, 4.69) is 0 Å². The molecule has 1 aromatic carbocycles. The molecule has 0 saturated heterocycles. The SMILES string of the molecule is C[C@H](O)Cc1cc(Cl)c2c(c1)OCO2. The second-order valence-corrected chi connectivity index (χ2v) is 3.77. The van der Waals surface area contributed by atoms with Crippen LogP contribution in [0.2, 0.25) is 5.02 Å². The Bertz CT molecular complexity index is 349. The Morgan fingerprint density at radius 2 is 2.29 bits per heavy atom. The van der Waals surface area contributed by atoms with Crippen molar-refractivity contribution in [3.05, 3.63) is 22.7 Å². The van der Waals surface area contributed by atoms with Crippen molar-refractivity contribution in [2.75, 3.05) is 6.79 Å². The smallest absolute Gasteiger partial charge is 0.231 e. The molecule has 0 spiro atoms. The summed E-state index contributed by atoms with van der Waals surface area (Å²) < 4.78 is 10.4. The molecule has 1 N–H and O–H groups in total. The zero-order valence-electron chi connectivity index (χ0n) is 7.79. The Balaban J connectivity index is 2.32. The Labute approximate surface area is 87.2 Å². The maximum atomic E-state index is 9.23. The van der Waals surface area contributed by atoms with Gasteiger partial charge in [0.05, 0.1) is 11.1 Å². The van der Waals surface area contributed by atoms with Gasteiger partial charge in [-0.3, -0.25) is 0 Å². The number of benzene rings is 1. The van der Waals surface area contributed by atoms with Crippen LogP contribution in [0.25, 0.3) is 0 Å². The van der Waals surface area contributed by atoms with E-state index in [1.54, 1.807) is 13.0 Å². The fourth-order valence-corrected chi connectivity index (χ4v) is 1.77. The quantitative estimate of drug-likeness (QED) is 0.819. The van der Waals surface area contributed by atoms with Crippen LogP contribution in [-0.2, 0) is 6.42 Å². The van der Waals surface area contributed by atoms with Gasteiger partial charge in [0.25, 0.3) is 0 Å². The number of hydrogen-bond acceptors (Lipinski definition) is 3. The summed E-state index contributed by atoms with van der Waals surface area (Å²) in [5.41, 5.74) is 0.953. The van der Waals surface area contributed by atoms with E-state index < -0.39 is 0 Å². The summed E-state index contributed by atoms with van der Waals surface area (Å²) in [5.74, 6) is 1.26. The number of aliphatic hydroxyl groups excluding tert-OH is 1. The first kappa shape index (κ1) is 9.62. The molecule has 0 saturated carbocycles. The van der Waals surface area contributed by atoms with Crippen molar-refractivity contribution in [2.24, 2.45) is 0 Å². The van der Waals surface area contributed by atoms with Gasteiger partial charge < -0.3 is 14.6 Å². The fourth-order valence-electron chi connectivity index (χ4n) is 1.48. The molecule has 4 heteroatoms. The van der Waals surface area contributed by atoms with E-state index in [1.807, 2.05) is 6.07 Å². The summed E-state index contributed by atoms with van der Waals surface area (Å²) in [4.78, 5) is 0. The summed E-state index contributed by atoms with van der Waals surface area (Å²) in [7, 11) is 0. The van der Waals surface area contributed by atoms with E-state index >= 15 is 0 Å². The van der Waals surface area contributed by atoms with Crippen molar-refractivity contribution in [1.82, 2.24) is 0 Å². The van der Waals surface area contributed by atoms with Crippen LogP contribution in [0.5, 0.6) is 11.5 Å². The number of hydrogen-bond donors (Lipinski definition) is 1. The van der Waals surface area contributed by atoms with Crippen LogP contribution in [0.15, 0.2) is 12.1 Å². The molecular formula is C10H11ClO3. The topological polar surface area (TPSA) is 38.7 Å². The van der Waals surface area contributed by atoms with Crippen LogP contribution in [-0.4, -0.2) is 18.0 Å². The Morgan fingerprint density at radius 3 is 3.00 bits per heavy atom. The summed E-state index contributed by atoms with van der Waals surface area (Å²) in [6.07, 6.45) is 0.183. The third-order valence-electron chi connectivity index (χ3n) is 2.02. The molecule has 76 valence electrons. The van der Waals surface area contributed by atoms with E-state index in [9.17, 15) is 5.11 Å². The third kappa shape index (κ3) is 1.79. The largest absolute Gasteiger partial charge is 0.454 e. The van der Waals surface area contributed by atoms with Gasteiger partial charge in [-0.1, -0.05) is 11.6 Å². The van der Waals surface area contributed by atoms with Crippen molar-refractivity contribution in [3.63, 3.8) is 0 Å². The van der Waals surface area contributed by atoms with E-state index in [0.29, 0.717) is 22.9 Å². The predicted octanol–water partition coefficient (Wildman–Crippen LogP) is 1.99. The lowest BCUT2D eigenvalue weighted by Crippen LogP contribution is -2.03. The highest BCUT2D eigenvalue weighted by atomic mass is 35.5. The molecule has 14 heavy (non-hydrogen) atoms. The maximum Gasteiger partial charge on any atom is 0.231 e. The van der Waals surface area contributed by atoms with Gasteiger partial charge in [-0.2, -0.15) is 0 Å². The highest BCUT2D eigenvalue weighted by Gasteiger charge is 2.18. The minimum Gasteiger partial charge on any atom is -0.454 e. The van der Waals surface area contributed by atoms with Crippen LogP contribution >= 0.6 is 11.6 Å². The lowest BCUT2D eigenvalue weighted by atomic mass is 10.1. The highest BCUT2D eigenvalue weighted by Crippen LogP contribution is 2.39. The second kappa shape index (κ2) is 3.67. The number of fused-ring (bicyclic) bond motifs is 1. The maximum absolute atomic E-state index is 9.23. The van der Waals surface area contributed by atoms with Crippen molar-refractivity contribution in [3.8, 4) is 11.5 Å². The van der Waals surface area contributed by atoms with Crippen molar-refractivity contribution in [2.45, 2.75) is 19.4 Å². The average molecular weight is 215 g/mol. The van der Waals surface area contributed by atoms with Gasteiger partial charge in [0.1, 0.15) is 0 Å². The Hall–Kier alpha value is -0.930. The second-order valence-electron chi connectivity index (χ2n) is 3.36. The Kier molecular flexibility index (Phi) is 2.52. The standard InChI is InChI=1S/C10H11ClO3/c1-6(12)2-7-3-8(11)10-9(4-7)13-5-14-10/h3-4,6,12H,2,5H2,1H3/t6-/m0/s1. The minimum absolute atomic E-state index is 0.215. The molecule has 1 heterocycles. The van der Waals surface area contributed by atoms with Crippen LogP contribution in [0, 0.1) is 0 Å². The van der Waals surface area contributed by atoms with Crippen LogP contribution < -0.4 is 9.47 Å². The molecule has 0 fully saturated rings. The summed E-state index contributed by atoms with van der Waals surface area (Å²) in [5, 5.41) is 9.77. The zero-order valence-corrected chi connectivity index (χ0v) is 8.54. The van der Waals surface area contributed by atoms with E-state index in [4.69, 9.17) is 21.1 Å². The predicted molar refractivity (Wildman–Crippen MR) is 53.0 cm³/mol. The molecule has 0 aromatic heterocycles. The first-order chi connectivity index (χ1) is 6.66. The van der Waals surface area contributed by atoms with Gasteiger partial charge in [-0.15, -0.1) is 0 Å². The van der Waals surface area contributed by atoms with Gasteiger partial charge in [0, 0.05) is 0 Å². The molecule has 0 amide bonds. The normalized spacial score (nSPS) is 15.6. The summed E-state index contributed by atoms with van der Waals surface area (Å²) in [6, 6.07) is 3.64. The molecule has 0 bridgehead atoms. The lowest BCUT2D eigenvalue weighted by Gasteiger charge is -2.06. The molecule has 1 atom stereocenters. The highest BCUT2D eigenvalue weighted by molar-refractivity contribution is 6.32. The molecule has 1 aliphatic heterocycles. The summed E-state index contributed by atoms with van der Waals surface area (Å²) >= 11 is 5.97. The van der Waals surface area contributed by atoms with Crippen LogP contribution in [0.3, 0.4) is 0 Å². The van der Waals surface area contributed by atoms with Gasteiger partial charge in [0.2, 0.25) is 6.79 Å². The average Bonchev–Trinajstić information content (AvgIpc) is 2.50. The number of aliphatic hydroxyl groups is 1.